The van der Waals surface area contributed by atoms with Crippen LogP contribution in [0.2, 0.25) is 0 Å². The normalized spacial score (nSPS) is 14.5. The second-order valence-corrected chi connectivity index (χ2v) is 13.1. The van der Waals surface area contributed by atoms with Crippen molar-refractivity contribution in [3.05, 3.63) is 188 Å². The Hall–Kier alpha value is -6.42. The van der Waals surface area contributed by atoms with Crippen molar-refractivity contribution in [2.75, 3.05) is 4.90 Å². The summed E-state index contributed by atoms with van der Waals surface area (Å²) in [4.78, 5) is 1.71. The number of anilines is 3. The van der Waals surface area contributed by atoms with Crippen molar-refractivity contribution in [1.82, 2.24) is 0 Å². The lowest BCUT2D eigenvalue weighted by atomic mass is 9.94. The van der Waals surface area contributed by atoms with Crippen LogP contribution in [-0.2, 0) is 0 Å². The van der Waals surface area contributed by atoms with Gasteiger partial charge in [0.05, 0.1) is 20.8 Å². The highest BCUT2D eigenvalue weighted by Crippen LogP contribution is 2.46. The molecule has 10 aromatic rings. The standard InChI is InChI=1S/C48H31NOS/c1-3-14-32(15-4-1)34-18-11-20-37(28-34)49(43-25-13-24-40-39-22-7-9-26-44(39)50-48(40)43)38-21-12-19-35(29-38)42-30-36(33-16-5-2-6-17-33)31-46-47(42)41-23-8-10-27-45(41)51-46/h1-31H/i7D,8D,9D,13D,22D,24D,25D,26D,27D,30D,31D. The third-order valence-electron chi connectivity index (χ3n) is 9.01. The molecule has 0 aliphatic carbocycles. The van der Waals surface area contributed by atoms with Gasteiger partial charge in [-0.2, -0.15) is 0 Å². The summed E-state index contributed by atoms with van der Waals surface area (Å²) < 4.78 is 106. The predicted molar refractivity (Wildman–Crippen MR) is 218 cm³/mol. The highest BCUT2D eigenvalue weighted by atomic mass is 32.1. The molecule has 0 atom stereocenters. The van der Waals surface area contributed by atoms with E-state index in [9.17, 15) is 4.11 Å². The van der Waals surface area contributed by atoms with Crippen LogP contribution >= 0.6 is 11.3 Å². The molecule has 0 unspecified atom stereocenters. The van der Waals surface area contributed by atoms with Gasteiger partial charge in [0.15, 0.2) is 5.58 Å². The summed E-state index contributed by atoms with van der Waals surface area (Å²) in [6.07, 6.45) is 0. The van der Waals surface area contributed by atoms with E-state index >= 15 is 0 Å². The number of para-hydroxylation sites is 2. The molecule has 0 aliphatic rings. The maximum absolute atomic E-state index is 9.85. The quantitative estimate of drug-likeness (QED) is 0.174. The summed E-state index contributed by atoms with van der Waals surface area (Å²) in [5, 5.41) is 1.06. The number of furan rings is 1. The fourth-order valence-electron chi connectivity index (χ4n) is 6.69. The maximum Gasteiger partial charge on any atom is 0.159 e. The van der Waals surface area contributed by atoms with Crippen LogP contribution < -0.4 is 4.90 Å². The predicted octanol–water partition coefficient (Wildman–Crippen LogP) is 14.4. The SMILES string of the molecule is [2H]c1cc([2H])c2sc3c([2H])c(-c4ccccc4)c([2H])c(-c4cccc(N(c5cccc(-c6ccccc6)c5)c5c([2H])c([2H])c([2H])c6c5oc5c([2H])c([2H])c([2H])c([2H])c56)c4)c3c2c1. The Kier molecular flexibility index (Phi) is 4.84. The zero-order chi connectivity index (χ0) is 43.3. The molecule has 0 spiro atoms. The van der Waals surface area contributed by atoms with Crippen LogP contribution in [0.4, 0.5) is 17.1 Å². The van der Waals surface area contributed by atoms with Crippen LogP contribution in [0.3, 0.4) is 0 Å². The second kappa shape index (κ2) is 12.2. The summed E-state index contributed by atoms with van der Waals surface area (Å²) in [6, 6.07) is 34.2. The fraction of sp³-hybridized carbons (Fsp3) is 0. The van der Waals surface area contributed by atoms with Gasteiger partial charge in [-0.3, -0.25) is 0 Å². The zero-order valence-corrected chi connectivity index (χ0v) is 27.6. The fourth-order valence-corrected chi connectivity index (χ4v) is 7.75. The number of fused-ring (bicyclic) bond motifs is 6. The van der Waals surface area contributed by atoms with E-state index in [1.165, 1.54) is 17.4 Å². The van der Waals surface area contributed by atoms with Crippen LogP contribution in [0.25, 0.3) is 75.5 Å². The van der Waals surface area contributed by atoms with E-state index < -0.39 is 36.3 Å². The first-order chi connectivity index (χ1) is 29.8. The molecule has 8 aromatic carbocycles. The van der Waals surface area contributed by atoms with E-state index in [1.807, 2.05) is 97.1 Å². The molecule has 2 heterocycles. The van der Waals surface area contributed by atoms with Crippen LogP contribution in [0.5, 0.6) is 0 Å². The molecule has 51 heavy (non-hydrogen) atoms. The average molecular weight is 681 g/mol. The molecule has 0 bridgehead atoms. The number of thiophene rings is 1. The first-order valence-corrected chi connectivity index (χ1v) is 17.2. The molecule has 0 N–H and O–H groups in total. The van der Waals surface area contributed by atoms with Crippen molar-refractivity contribution in [3.63, 3.8) is 0 Å². The summed E-state index contributed by atoms with van der Waals surface area (Å²) in [5.74, 6) is 0. The monoisotopic (exact) mass is 680 g/mol. The van der Waals surface area contributed by atoms with Gasteiger partial charge >= 0.3 is 0 Å². The van der Waals surface area contributed by atoms with Gasteiger partial charge in [0.1, 0.15) is 5.58 Å². The summed E-state index contributed by atoms with van der Waals surface area (Å²) >= 11 is 1.28. The molecule has 0 fully saturated rings. The molecule has 0 aliphatic heterocycles. The lowest BCUT2D eigenvalue weighted by Crippen LogP contribution is -2.10. The Morgan fingerprint density at radius 3 is 1.98 bits per heavy atom. The van der Waals surface area contributed by atoms with Gasteiger partial charge < -0.3 is 9.32 Å². The molecule has 0 radical (unpaired) electrons. The highest BCUT2D eigenvalue weighted by molar-refractivity contribution is 7.26. The molecule has 240 valence electrons. The molecular weight excluding hydrogens is 639 g/mol. The number of nitrogens with zero attached hydrogens (tertiary/aromatic N) is 1. The van der Waals surface area contributed by atoms with E-state index in [0.29, 0.717) is 53.8 Å². The van der Waals surface area contributed by atoms with Gasteiger partial charge in [0, 0.05) is 42.3 Å². The van der Waals surface area contributed by atoms with Crippen LogP contribution in [0.15, 0.2) is 192 Å². The van der Waals surface area contributed by atoms with Gasteiger partial charge in [-0.1, -0.05) is 133 Å². The minimum absolute atomic E-state index is 0.0258. The van der Waals surface area contributed by atoms with E-state index in [2.05, 4.69) is 0 Å². The lowest BCUT2D eigenvalue weighted by molar-refractivity contribution is 0.669. The van der Waals surface area contributed by atoms with E-state index in [1.54, 1.807) is 23.1 Å². The van der Waals surface area contributed by atoms with Gasteiger partial charge in [0.25, 0.3) is 0 Å². The molecular formula is C48H31NOS. The Morgan fingerprint density at radius 1 is 0.490 bits per heavy atom. The molecule has 2 nitrogen and oxygen atoms in total. The smallest absolute Gasteiger partial charge is 0.159 e. The summed E-state index contributed by atoms with van der Waals surface area (Å²) in [7, 11) is 0. The average Bonchev–Trinajstić information content (AvgIpc) is 3.87. The van der Waals surface area contributed by atoms with Gasteiger partial charge in [0.2, 0.25) is 0 Å². The van der Waals surface area contributed by atoms with E-state index in [4.69, 9.17) is 15.4 Å². The molecule has 0 amide bonds. The Morgan fingerprint density at radius 2 is 1.18 bits per heavy atom. The zero-order valence-electron chi connectivity index (χ0n) is 37.8. The maximum atomic E-state index is 9.85. The number of hydrogen-bond donors (Lipinski definition) is 0. The van der Waals surface area contributed by atoms with Gasteiger partial charge in [-0.05, 0) is 87.9 Å². The Bertz CT molecular complexity index is 3500. The first-order valence-electron chi connectivity index (χ1n) is 21.9. The first kappa shape index (κ1) is 20.3. The Labute approximate surface area is 315 Å². The number of hydrogen-bond acceptors (Lipinski definition) is 3. The molecule has 0 saturated heterocycles. The topological polar surface area (TPSA) is 16.4 Å². The van der Waals surface area contributed by atoms with Gasteiger partial charge in [-0.25, -0.2) is 0 Å². The third-order valence-corrected chi connectivity index (χ3v) is 10.1. The van der Waals surface area contributed by atoms with Crippen molar-refractivity contribution >= 4 is 70.5 Å². The van der Waals surface area contributed by atoms with Crippen LogP contribution in [0, 0.1) is 0 Å². The van der Waals surface area contributed by atoms with Gasteiger partial charge in [-0.15, -0.1) is 11.3 Å². The lowest BCUT2D eigenvalue weighted by Gasteiger charge is -2.26. The molecule has 2 aromatic heterocycles. The summed E-state index contributed by atoms with van der Waals surface area (Å²) in [5.41, 5.74) is 4.56. The number of rotatable bonds is 6. The van der Waals surface area contributed by atoms with E-state index in [-0.39, 0.29) is 57.8 Å². The second-order valence-electron chi connectivity index (χ2n) is 12.1. The highest BCUT2D eigenvalue weighted by Gasteiger charge is 2.21. The van der Waals surface area contributed by atoms with Crippen LogP contribution in [-0.4, -0.2) is 0 Å². The van der Waals surface area contributed by atoms with Crippen molar-refractivity contribution in [2.24, 2.45) is 0 Å². The van der Waals surface area contributed by atoms with Crippen molar-refractivity contribution in [1.29, 1.82) is 0 Å². The summed E-state index contributed by atoms with van der Waals surface area (Å²) in [6.45, 7) is 0. The molecule has 3 heteroatoms. The van der Waals surface area contributed by atoms with E-state index in [0.717, 1.165) is 11.1 Å². The van der Waals surface area contributed by atoms with Crippen molar-refractivity contribution < 1.29 is 19.5 Å². The third kappa shape index (κ3) is 5.10. The Balaban J connectivity index is 1.32. The molecule has 0 saturated carbocycles. The van der Waals surface area contributed by atoms with Crippen molar-refractivity contribution in [3.8, 4) is 33.4 Å². The van der Waals surface area contributed by atoms with Crippen LogP contribution in [0.1, 0.15) is 15.1 Å². The minimum atomic E-state index is -0.519. The molecule has 10 rings (SSSR count). The number of benzene rings is 8. The largest absolute Gasteiger partial charge is 0.454 e. The minimum Gasteiger partial charge on any atom is -0.454 e. The van der Waals surface area contributed by atoms with Crippen molar-refractivity contribution in [2.45, 2.75) is 0 Å².